The molecule has 0 spiro atoms. The predicted molar refractivity (Wildman–Crippen MR) is 93.8 cm³/mol. The second-order valence-corrected chi connectivity index (χ2v) is 6.24. The number of phenols is 1. The Bertz CT molecular complexity index is 644. The fraction of sp³-hybridized carbons (Fsp3) is 0.500. The second kappa shape index (κ2) is 10.5. The van der Waals surface area contributed by atoms with Crippen molar-refractivity contribution in [1.82, 2.24) is 0 Å². The molecule has 1 aromatic rings. The number of hydrogen-bond acceptors (Lipinski definition) is 10. The van der Waals surface area contributed by atoms with Gasteiger partial charge >= 0.3 is 5.97 Å². The molecule has 1 heterocycles. The van der Waals surface area contributed by atoms with Gasteiger partial charge in [0.25, 0.3) is 0 Å². The summed E-state index contributed by atoms with van der Waals surface area (Å²) >= 11 is 0. The van der Waals surface area contributed by atoms with E-state index in [4.69, 9.17) is 19.3 Å². The predicted octanol–water partition coefficient (Wildman–Crippen LogP) is -1.87. The number of hydrogen-bond donors (Lipinski definition) is 6. The maximum Gasteiger partial charge on any atom is 0.330 e. The van der Waals surface area contributed by atoms with Crippen molar-refractivity contribution in [3.8, 4) is 5.75 Å². The molecule has 0 unspecified atom stereocenters. The molecule has 6 N–H and O–H groups in total. The molecule has 2 rings (SSSR count). The normalized spacial score (nSPS) is 29.0. The second-order valence-electron chi connectivity index (χ2n) is 6.24. The number of carbonyl (C=O) groups excluding carboxylic acids is 1. The average molecular weight is 400 g/mol. The van der Waals surface area contributed by atoms with E-state index in [0.717, 1.165) is 6.08 Å². The van der Waals surface area contributed by atoms with Gasteiger partial charge in [-0.3, -0.25) is 0 Å². The van der Waals surface area contributed by atoms with E-state index in [9.17, 15) is 30.3 Å². The lowest BCUT2D eigenvalue weighted by Crippen LogP contribution is -2.59. The van der Waals surface area contributed by atoms with Crippen molar-refractivity contribution < 1.29 is 49.6 Å². The molecule has 1 aliphatic rings. The Morgan fingerprint density at radius 3 is 2.43 bits per heavy atom. The number of esters is 1. The number of benzene rings is 1. The molecule has 0 aliphatic carbocycles. The molecule has 0 radical (unpaired) electrons. The monoisotopic (exact) mass is 400 g/mol. The van der Waals surface area contributed by atoms with Crippen molar-refractivity contribution >= 4 is 12.0 Å². The molecule has 6 atom stereocenters. The highest BCUT2D eigenvalue weighted by molar-refractivity contribution is 5.87. The summed E-state index contributed by atoms with van der Waals surface area (Å²) in [6.45, 7) is -1.38. The zero-order chi connectivity index (χ0) is 20.7. The molecule has 1 aromatic carbocycles. The summed E-state index contributed by atoms with van der Waals surface area (Å²) in [7, 11) is 0. The van der Waals surface area contributed by atoms with Crippen LogP contribution in [-0.2, 0) is 19.0 Å². The first-order valence-corrected chi connectivity index (χ1v) is 8.56. The summed E-state index contributed by atoms with van der Waals surface area (Å²) in [5.41, 5.74) is 0.668. The van der Waals surface area contributed by atoms with Crippen molar-refractivity contribution in [2.45, 2.75) is 36.8 Å². The summed E-state index contributed by atoms with van der Waals surface area (Å²) in [4.78, 5) is 11.6. The average Bonchev–Trinajstić information content (AvgIpc) is 2.69. The Balaban J connectivity index is 1.73. The van der Waals surface area contributed by atoms with E-state index in [1.165, 1.54) is 18.2 Å². The molecule has 0 aromatic heterocycles. The van der Waals surface area contributed by atoms with Crippen molar-refractivity contribution in [1.29, 1.82) is 0 Å². The van der Waals surface area contributed by atoms with Crippen molar-refractivity contribution in [3.63, 3.8) is 0 Å². The van der Waals surface area contributed by atoms with Crippen LogP contribution in [0.25, 0.3) is 6.08 Å². The first kappa shape index (κ1) is 22.2. The topological polar surface area (TPSA) is 166 Å². The highest BCUT2D eigenvalue weighted by Crippen LogP contribution is 2.22. The van der Waals surface area contributed by atoms with Crippen LogP contribution >= 0.6 is 0 Å². The minimum absolute atomic E-state index is 0.0993. The Hall–Kier alpha value is -2.05. The molecule has 1 saturated heterocycles. The van der Waals surface area contributed by atoms with Crippen molar-refractivity contribution in [2.24, 2.45) is 0 Å². The van der Waals surface area contributed by atoms with Crippen LogP contribution in [0, 0.1) is 0 Å². The van der Waals surface area contributed by atoms with Crippen LogP contribution in [0.15, 0.2) is 30.3 Å². The first-order chi connectivity index (χ1) is 13.3. The van der Waals surface area contributed by atoms with Crippen LogP contribution in [-0.4, -0.2) is 93.2 Å². The summed E-state index contributed by atoms with van der Waals surface area (Å²) < 4.78 is 15.1. The molecule has 0 saturated carbocycles. The van der Waals surface area contributed by atoms with Crippen LogP contribution in [0.1, 0.15) is 5.56 Å². The molecule has 10 heteroatoms. The smallest absolute Gasteiger partial charge is 0.330 e. The molecule has 0 bridgehead atoms. The lowest BCUT2D eigenvalue weighted by molar-refractivity contribution is -0.304. The van der Waals surface area contributed by atoms with Gasteiger partial charge in [-0.25, -0.2) is 4.79 Å². The van der Waals surface area contributed by atoms with Gasteiger partial charge in [-0.05, 0) is 23.8 Å². The zero-order valence-electron chi connectivity index (χ0n) is 14.9. The summed E-state index contributed by atoms with van der Waals surface area (Å²) in [5.74, 6) is -0.609. The van der Waals surface area contributed by atoms with Crippen LogP contribution < -0.4 is 0 Å². The van der Waals surface area contributed by atoms with Gasteiger partial charge in [0, 0.05) is 6.08 Å². The third-order valence-corrected chi connectivity index (χ3v) is 4.02. The number of aliphatic hydroxyl groups excluding tert-OH is 5. The number of rotatable bonds is 8. The number of ether oxygens (including phenoxy) is 3. The van der Waals surface area contributed by atoms with Gasteiger partial charge in [0.05, 0.1) is 13.2 Å². The lowest BCUT2D eigenvalue weighted by atomic mass is 9.99. The standard InChI is InChI=1S/C18H24O10/c19-7-13-15(23)16(24)17(25)18(28-13)27-9-12(21)8-26-14(22)6-3-10-1-4-11(20)5-2-10/h1-6,12-13,15-21,23-25H,7-9H2/b6-3-/t12-,13-,15-,16+,17-,18+/m1/s1. The molecule has 28 heavy (non-hydrogen) atoms. The number of aliphatic hydroxyl groups is 5. The van der Waals surface area contributed by atoms with Crippen LogP contribution in [0.3, 0.4) is 0 Å². The van der Waals surface area contributed by atoms with Gasteiger partial charge in [0.2, 0.25) is 0 Å². The summed E-state index contributed by atoms with van der Waals surface area (Å²) in [5, 5.41) is 57.2. The minimum atomic E-state index is -1.59. The summed E-state index contributed by atoms with van der Waals surface area (Å²) in [6, 6.07) is 6.13. The van der Waals surface area contributed by atoms with Crippen LogP contribution in [0.4, 0.5) is 0 Å². The Kier molecular flexibility index (Phi) is 8.33. The largest absolute Gasteiger partial charge is 0.508 e. The molecule has 1 aliphatic heterocycles. The highest BCUT2D eigenvalue weighted by Gasteiger charge is 2.44. The molecule has 10 nitrogen and oxygen atoms in total. The number of phenolic OH excluding ortho intramolecular Hbond substituents is 1. The van der Waals surface area contributed by atoms with E-state index in [1.807, 2.05) is 0 Å². The van der Waals surface area contributed by atoms with Gasteiger partial charge < -0.3 is 44.8 Å². The fourth-order valence-corrected chi connectivity index (χ4v) is 2.44. The first-order valence-electron chi connectivity index (χ1n) is 8.56. The van der Waals surface area contributed by atoms with Gasteiger partial charge in [0.15, 0.2) is 6.29 Å². The van der Waals surface area contributed by atoms with E-state index in [-0.39, 0.29) is 5.75 Å². The Morgan fingerprint density at radius 1 is 1.11 bits per heavy atom. The third-order valence-electron chi connectivity index (χ3n) is 4.02. The molecule has 1 fully saturated rings. The maximum absolute atomic E-state index is 11.6. The van der Waals surface area contributed by atoms with Gasteiger partial charge in [-0.1, -0.05) is 12.1 Å². The van der Waals surface area contributed by atoms with Gasteiger partial charge in [0.1, 0.15) is 42.9 Å². The van der Waals surface area contributed by atoms with Crippen molar-refractivity contribution in [3.05, 3.63) is 35.9 Å². The van der Waals surface area contributed by atoms with E-state index < -0.39 is 62.6 Å². The lowest BCUT2D eigenvalue weighted by Gasteiger charge is -2.39. The molecule has 0 amide bonds. The van der Waals surface area contributed by atoms with Gasteiger partial charge in [-0.15, -0.1) is 0 Å². The Morgan fingerprint density at radius 2 is 1.79 bits per heavy atom. The zero-order valence-corrected chi connectivity index (χ0v) is 14.9. The van der Waals surface area contributed by atoms with Gasteiger partial charge in [-0.2, -0.15) is 0 Å². The third kappa shape index (κ3) is 6.24. The van der Waals surface area contributed by atoms with E-state index in [2.05, 4.69) is 0 Å². The quantitative estimate of drug-likeness (QED) is 0.215. The van der Waals surface area contributed by atoms with E-state index in [0.29, 0.717) is 5.56 Å². The minimum Gasteiger partial charge on any atom is -0.508 e. The highest BCUT2D eigenvalue weighted by atomic mass is 16.7. The van der Waals surface area contributed by atoms with E-state index in [1.54, 1.807) is 12.1 Å². The maximum atomic E-state index is 11.6. The molecular formula is C18H24O10. The number of aromatic hydroxyl groups is 1. The summed E-state index contributed by atoms with van der Waals surface area (Å²) in [6.07, 6.45) is -5.80. The van der Waals surface area contributed by atoms with E-state index >= 15 is 0 Å². The van der Waals surface area contributed by atoms with Crippen molar-refractivity contribution in [2.75, 3.05) is 19.8 Å². The fourth-order valence-electron chi connectivity index (χ4n) is 2.44. The molecular weight excluding hydrogens is 376 g/mol. The molecule has 156 valence electrons. The number of carbonyl (C=O) groups is 1. The van der Waals surface area contributed by atoms with Crippen LogP contribution in [0.2, 0.25) is 0 Å². The van der Waals surface area contributed by atoms with Crippen LogP contribution in [0.5, 0.6) is 5.75 Å². The SMILES string of the molecule is O=C(/C=C\c1ccc(O)cc1)OC[C@@H](O)CO[C@H]1O[C@H](CO)[C@@H](O)[C@H](O)[C@H]1O. The Labute approximate surface area is 160 Å².